The Kier molecular flexibility index (Phi) is 3.28. The van der Waals surface area contributed by atoms with Crippen LogP contribution in [0.25, 0.3) is 0 Å². The third kappa shape index (κ3) is 2.54. The van der Waals surface area contributed by atoms with Crippen LogP contribution in [0.2, 0.25) is 0 Å². The summed E-state index contributed by atoms with van der Waals surface area (Å²) in [5.41, 5.74) is 2.78. The Morgan fingerprint density at radius 1 is 1.17 bits per heavy atom. The van der Waals surface area contributed by atoms with Crippen molar-refractivity contribution in [1.29, 1.82) is 0 Å². The van der Waals surface area contributed by atoms with Gasteiger partial charge in [0, 0.05) is 26.1 Å². The number of carbonyl (C=O) groups is 1. The van der Waals surface area contributed by atoms with Gasteiger partial charge >= 0.3 is 0 Å². The van der Waals surface area contributed by atoms with Crippen molar-refractivity contribution < 1.29 is 4.79 Å². The minimum Gasteiger partial charge on any atom is -0.298 e. The molecule has 3 rings (SSSR count). The summed E-state index contributed by atoms with van der Waals surface area (Å²) in [6, 6.07) is 10.6. The van der Waals surface area contributed by atoms with Crippen molar-refractivity contribution in [3.05, 3.63) is 47.5 Å². The molecule has 0 amide bonds. The summed E-state index contributed by atoms with van der Waals surface area (Å²) in [5.74, 6) is 0.956. The molecule has 1 aliphatic heterocycles. The van der Waals surface area contributed by atoms with Crippen LogP contribution in [0.5, 0.6) is 0 Å². The molecule has 1 atom stereocenters. The van der Waals surface area contributed by atoms with Gasteiger partial charge in [-0.2, -0.15) is 0 Å². The molecule has 1 aromatic rings. The Morgan fingerprint density at radius 2 is 2.00 bits per heavy atom. The molecule has 0 spiro atoms. The summed E-state index contributed by atoms with van der Waals surface area (Å²) in [6.07, 6.45) is 4.78. The van der Waals surface area contributed by atoms with Gasteiger partial charge in [0.25, 0.3) is 0 Å². The van der Waals surface area contributed by atoms with E-state index in [1.54, 1.807) is 0 Å². The number of ketones is 1. The Morgan fingerprint density at radius 3 is 2.83 bits per heavy atom. The van der Waals surface area contributed by atoms with E-state index in [2.05, 4.69) is 35.2 Å². The van der Waals surface area contributed by atoms with Crippen molar-refractivity contribution in [3.8, 4) is 0 Å². The van der Waals surface area contributed by atoms with Gasteiger partial charge in [0.2, 0.25) is 0 Å². The van der Waals surface area contributed by atoms with Crippen molar-refractivity contribution >= 4 is 5.78 Å². The number of allylic oxidation sites excluding steroid dienone is 1. The van der Waals surface area contributed by atoms with E-state index in [-0.39, 0.29) is 0 Å². The first-order valence-corrected chi connectivity index (χ1v) is 6.81. The molecule has 0 radical (unpaired) electrons. The average molecular weight is 241 g/mol. The van der Waals surface area contributed by atoms with Gasteiger partial charge in [0.05, 0.1) is 0 Å². The van der Waals surface area contributed by atoms with Crippen LogP contribution in [0.4, 0.5) is 0 Å². The van der Waals surface area contributed by atoms with Crippen LogP contribution < -0.4 is 0 Å². The molecule has 2 aliphatic rings. The highest BCUT2D eigenvalue weighted by Gasteiger charge is 2.27. The lowest BCUT2D eigenvalue weighted by Crippen LogP contribution is -2.37. The Balaban J connectivity index is 1.65. The van der Waals surface area contributed by atoms with Crippen molar-refractivity contribution in [2.24, 2.45) is 5.92 Å². The van der Waals surface area contributed by atoms with Crippen LogP contribution in [-0.2, 0) is 11.3 Å². The fourth-order valence-corrected chi connectivity index (χ4v) is 3.06. The number of piperidine rings is 1. The first-order chi connectivity index (χ1) is 8.81. The lowest BCUT2D eigenvalue weighted by atomic mass is 9.82. The smallest absolute Gasteiger partial charge is 0.155 e. The molecule has 18 heavy (non-hydrogen) atoms. The molecule has 1 aliphatic carbocycles. The van der Waals surface area contributed by atoms with Crippen LogP contribution in [0.15, 0.2) is 42.0 Å². The number of nitrogens with zero attached hydrogens (tertiary/aromatic N) is 1. The minimum atomic E-state index is 0.331. The van der Waals surface area contributed by atoms with E-state index in [0.29, 0.717) is 11.7 Å². The Hall–Kier alpha value is -1.41. The minimum absolute atomic E-state index is 0.331. The van der Waals surface area contributed by atoms with E-state index in [0.717, 1.165) is 38.9 Å². The zero-order chi connectivity index (χ0) is 12.4. The zero-order valence-corrected chi connectivity index (χ0v) is 10.6. The van der Waals surface area contributed by atoms with E-state index < -0.39 is 0 Å². The Labute approximate surface area is 108 Å². The van der Waals surface area contributed by atoms with Gasteiger partial charge < -0.3 is 0 Å². The quantitative estimate of drug-likeness (QED) is 0.793. The molecule has 0 saturated carbocycles. The molecule has 1 aromatic carbocycles. The number of benzene rings is 1. The normalized spacial score (nSPS) is 24.6. The number of hydrogen-bond acceptors (Lipinski definition) is 2. The molecule has 2 heteroatoms. The largest absolute Gasteiger partial charge is 0.298 e. The molecular weight excluding hydrogens is 222 g/mol. The number of rotatable bonds is 2. The highest BCUT2D eigenvalue weighted by Crippen LogP contribution is 2.30. The third-order valence-electron chi connectivity index (χ3n) is 4.05. The highest BCUT2D eigenvalue weighted by atomic mass is 16.1. The topological polar surface area (TPSA) is 20.3 Å². The number of carbonyl (C=O) groups excluding carboxylic acids is 1. The van der Waals surface area contributed by atoms with E-state index >= 15 is 0 Å². The average Bonchev–Trinajstić information content (AvgIpc) is 2.40. The van der Waals surface area contributed by atoms with E-state index in [9.17, 15) is 4.79 Å². The van der Waals surface area contributed by atoms with Gasteiger partial charge in [-0.3, -0.25) is 9.69 Å². The van der Waals surface area contributed by atoms with Crippen LogP contribution in [0, 0.1) is 5.92 Å². The van der Waals surface area contributed by atoms with Gasteiger partial charge in [0.1, 0.15) is 0 Å². The molecule has 2 nitrogen and oxygen atoms in total. The molecule has 0 aromatic heterocycles. The van der Waals surface area contributed by atoms with Crippen LogP contribution in [-0.4, -0.2) is 23.8 Å². The SMILES string of the molecule is O=C1C=C2CCN(Cc3ccccc3)CC2CC1. The summed E-state index contributed by atoms with van der Waals surface area (Å²) in [4.78, 5) is 13.9. The van der Waals surface area contributed by atoms with Gasteiger partial charge in [0.15, 0.2) is 5.78 Å². The highest BCUT2D eigenvalue weighted by molar-refractivity contribution is 5.91. The van der Waals surface area contributed by atoms with Crippen LogP contribution >= 0.6 is 0 Å². The summed E-state index contributed by atoms with van der Waals surface area (Å²) in [5, 5.41) is 0. The van der Waals surface area contributed by atoms with Crippen molar-refractivity contribution in [3.63, 3.8) is 0 Å². The third-order valence-corrected chi connectivity index (χ3v) is 4.05. The second kappa shape index (κ2) is 5.07. The maximum atomic E-state index is 11.4. The monoisotopic (exact) mass is 241 g/mol. The molecule has 1 unspecified atom stereocenters. The lowest BCUT2D eigenvalue weighted by molar-refractivity contribution is -0.115. The number of likely N-dealkylation sites (tertiary alicyclic amines) is 1. The maximum absolute atomic E-state index is 11.4. The van der Waals surface area contributed by atoms with Gasteiger partial charge in [-0.1, -0.05) is 35.9 Å². The number of fused-ring (bicyclic) bond motifs is 1. The van der Waals surface area contributed by atoms with Crippen molar-refractivity contribution in [2.75, 3.05) is 13.1 Å². The zero-order valence-electron chi connectivity index (χ0n) is 10.6. The molecule has 0 N–H and O–H groups in total. The summed E-state index contributed by atoms with van der Waals surface area (Å²) in [6.45, 7) is 3.25. The molecule has 1 saturated heterocycles. The predicted molar refractivity (Wildman–Crippen MR) is 72.2 cm³/mol. The number of hydrogen-bond donors (Lipinski definition) is 0. The molecule has 1 fully saturated rings. The summed E-state index contributed by atoms with van der Waals surface area (Å²) >= 11 is 0. The first-order valence-electron chi connectivity index (χ1n) is 6.81. The Bertz CT molecular complexity index is 463. The fraction of sp³-hybridized carbons (Fsp3) is 0.438. The maximum Gasteiger partial charge on any atom is 0.155 e. The van der Waals surface area contributed by atoms with Gasteiger partial charge in [-0.05, 0) is 30.4 Å². The fourth-order valence-electron chi connectivity index (χ4n) is 3.06. The van der Waals surface area contributed by atoms with Crippen molar-refractivity contribution in [1.82, 2.24) is 4.90 Å². The molecule has 94 valence electrons. The van der Waals surface area contributed by atoms with E-state index in [4.69, 9.17) is 0 Å². The predicted octanol–water partition coefficient (Wildman–Crippen LogP) is 2.80. The second-order valence-electron chi connectivity index (χ2n) is 5.39. The van der Waals surface area contributed by atoms with Crippen LogP contribution in [0.3, 0.4) is 0 Å². The van der Waals surface area contributed by atoms with Gasteiger partial charge in [-0.15, -0.1) is 0 Å². The molecular formula is C16H19NO. The van der Waals surface area contributed by atoms with Crippen LogP contribution in [0.1, 0.15) is 24.8 Å². The molecule has 1 heterocycles. The summed E-state index contributed by atoms with van der Waals surface area (Å²) < 4.78 is 0. The van der Waals surface area contributed by atoms with Gasteiger partial charge in [-0.25, -0.2) is 0 Å². The summed E-state index contributed by atoms with van der Waals surface area (Å²) in [7, 11) is 0. The lowest BCUT2D eigenvalue weighted by Gasteiger charge is -2.36. The van der Waals surface area contributed by atoms with E-state index in [1.807, 2.05) is 6.08 Å². The second-order valence-corrected chi connectivity index (χ2v) is 5.39. The first kappa shape index (κ1) is 11.7. The molecule has 0 bridgehead atoms. The van der Waals surface area contributed by atoms with Crippen molar-refractivity contribution in [2.45, 2.75) is 25.8 Å². The van der Waals surface area contributed by atoms with E-state index in [1.165, 1.54) is 11.1 Å². The standard InChI is InChI=1S/C16H19NO/c18-16-7-6-15-12-17(9-8-14(15)10-16)11-13-4-2-1-3-5-13/h1-5,10,15H,6-9,11-12H2.